The standard InChI is InChI=1S/C40H45N11O3/c1-25(2)45-33-19-34(35-8-7-31-17-27(20-41)21-44-51(31)35)42-22-32(33)39(53)46-30-5-3-26(4-6-30)24-48-13-9-28(10-14-48)29-11-15-49-36(18-29)43-23-38(49)50-16-12-37(52)47-40(50)54/h7-8,11,15,17-19,21-23,25-26,28,30H,3-6,9-10,12-14,16,24H2,1-2H3,(H,42,45)(H,46,53)(H,47,52,54). The topological polar surface area (TPSA) is 165 Å². The van der Waals surface area contributed by atoms with E-state index in [0.717, 1.165) is 80.7 Å². The van der Waals surface area contributed by atoms with Gasteiger partial charge >= 0.3 is 6.03 Å². The van der Waals surface area contributed by atoms with E-state index >= 15 is 0 Å². The maximum Gasteiger partial charge on any atom is 0.329 e. The molecule has 5 aromatic rings. The summed E-state index contributed by atoms with van der Waals surface area (Å²) < 4.78 is 3.67. The number of amides is 4. The summed E-state index contributed by atoms with van der Waals surface area (Å²) in [6.07, 6.45) is 13.4. The van der Waals surface area contributed by atoms with E-state index in [1.165, 1.54) is 11.8 Å². The molecule has 3 aliphatic rings. The van der Waals surface area contributed by atoms with Crippen LogP contribution >= 0.6 is 0 Å². The summed E-state index contributed by atoms with van der Waals surface area (Å²) in [5.74, 6) is 1.38. The van der Waals surface area contributed by atoms with Crippen LogP contribution in [0.15, 0.2) is 61.2 Å². The number of carbonyl (C=O) groups is 3. The third-order valence-corrected chi connectivity index (χ3v) is 11.1. The van der Waals surface area contributed by atoms with Crippen molar-refractivity contribution >= 4 is 40.5 Å². The Balaban J connectivity index is 0.832. The molecule has 8 rings (SSSR count). The highest BCUT2D eigenvalue weighted by atomic mass is 16.2. The van der Waals surface area contributed by atoms with Crippen LogP contribution in [0.4, 0.5) is 16.3 Å². The van der Waals surface area contributed by atoms with Crippen molar-refractivity contribution in [3.8, 4) is 17.5 Å². The fraction of sp³-hybridized carbons (Fsp3) is 0.425. The van der Waals surface area contributed by atoms with Crippen LogP contribution in [0.3, 0.4) is 0 Å². The van der Waals surface area contributed by atoms with Gasteiger partial charge in [0.1, 0.15) is 17.5 Å². The number of likely N-dealkylation sites (tertiary alicyclic amines) is 1. The second-order valence-corrected chi connectivity index (χ2v) is 15.2. The zero-order chi connectivity index (χ0) is 37.3. The third-order valence-electron chi connectivity index (χ3n) is 11.1. The van der Waals surface area contributed by atoms with Gasteiger partial charge in [-0.15, -0.1) is 0 Å². The molecule has 14 nitrogen and oxygen atoms in total. The number of nitriles is 1. The number of carbonyl (C=O) groups excluding carboxylic acids is 3. The van der Waals surface area contributed by atoms with E-state index in [1.54, 1.807) is 27.9 Å². The molecule has 54 heavy (non-hydrogen) atoms. The van der Waals surface area contributed by atoms with Crippen molar-refractivity contribution in [3.05, 3.63) is 77.9 Å². The van der Waals surface area contributed by atoms with E-state index in [-0.39, 0.29) is 30.3 Å². The Morgan fingerprint density at radius 3 is 2.56 bits per heavy atom. The molecule has 4 amide bonds. The minimum Gasteiger partial charge on any atom is -0.382 e. The maximum atomic E-state index is 13.6. The lowest BCUT2D eigenvalue weighted by Crippen LogP contribution is -2.50. The summed E-state index contributed by atoms with van der Waals surface area (Å²) in [7, 11) is 0. The highest BCUT2D eigenvalue weighted by molar-refractivity contribution is 6.05. The van der Waals surface area contributed by atoms with E-state index in [1.807, 2.05) is 42.6 Å². The normalized spacial score (nSPS) is 20.0. The van der Waals surface area contributed by atoms with Gasteiger partial charge in [-0.1, -0.05) is 0 Å². The van der Waals surface area contributed by atoms with Gasteiger partial charge in [0, 0.05) is 44.0 Å². The second-order valence-electron chi connectivity index (χ2n) is 15.2. The number of nitrogens with zero attached hydrogens (tertiary/aromatic N) is 8. The first kappa shape index (κ1) is 35.2. The number of hydrogen-bond donors (Lipinski definition) is 3. The molecule has 0 atom stereocenters. The minimum atomic E-state index is -0.408. The first-order valence-electron chi connectivity index (χ1n) is 19.0. The Morgan fingerprint density at radius 2 is 1.80 bits per heavy atom. The van der Waals surface area contributed by atoms with E-state index < -0.39 is 6.03 Å². The molecule has 14 heteroatoms. The second kappa shape index (κ2) is 14.9. The summed E-state index contributed by atoms with van der Waals surface area (Å²) in [4.78, 5) is 51.0. The summed E-state index contributed by atoms with van der Waals surface area (Å²) in [5, 5.41) is 22.8. The first-order valence-corrected chi connectivity index (χ1v) is 19.0. The van der Waals surface area contributed by atoms with Crippen molar-refractivity contribution in [2.45, 2.75) is 76.8 Å². The number of piperidine rings is 1. The van der Waals surface area contributed by atoms with Crippen LogP contribution < -0.4 is 20.9 Å². The van der Waals surface area contributed by atoms with Crippen molar-refractivity contribution in [1.82, 2.24) is 39.5 Å². The Labute approximate surface area is 313 Å². The molecule has 7 heterocycles. The molecular weight excluding hydrogens is 683 g/mol. The first-order chi connectivity index (χ1) is 26.2. The van der Waals surface area contributed by atoms with Gasteiger partial charge in [0.2, 0.25) is 5.91 Å². The van der Waals surface area contributed by atoms with Gasteiger partial charge in [-0.2, -0.15) is 10.4 Å². The third kappa shape index (κ3) is 7.23. The molecule has 0 aromatic carbocycles. The summed E-state index contributed by atoms with van der Waals surface area (Å²) in [6.45, 7) is 7.63. The lowest BCUT2D eigenvalue weighted by Gasteiger charge is -2.37. The average molecular weight is 728 g/mol. The van der Waals surface area contributed by atoms with E-state index in [9.17, 15) is 19.6 Å². The number of fused-ring (bicyclic) bond motifs is 2. The Kier molecular flexibility index (Phi) is 9.72. The lowest BCUT2D eigenvalue weighted by atomic mass is 9.84. The molecule has 2 aliphatic heterocycles. The van der Waals surface area contributed by atoms with E-state index in [4.69, 9.17) is 0 Å². The van der Waals surface area contributed by atoms with Gasteiger partial charge in [-0.3, -0.25) is 29.2 Å². The number of imide groups is 1. The number of aromatic nitrogens is 5. The SMILES string of the molecule is CC(C)Nc1cc(-c2ccc3cc(C#N)cnn23)ncc1C(=O)NC1CCC(CN2CCC(c3ccn4c(N5CCC(=O)NC5=O)cnc4c3)CC2)CC1. The van der Waals surface area contributed by atoms with Crippen molar-refractivity contribution in [1.29, 1.82) is 5.26 Å². The average Bonchev–Trinajstić information content (AvgIpc) is 3.79. The lowest BCUT2D eigenvalue weighted by molar-refractivity contribution is -0.120. The van der Waals surface area contributed by atoms with Crippen molar-refractivity contribution in [3.63, 3.8) is 0 Å². The molecule has 2 saturated heterocycles. The van der Waals surface area contributed by atoms with E-state index in [0.29, 0.717) is 41.0 Å². The van der Waals surface area contributed by atoms with Crippen molar-refractivity contribution < 1.29 is 14.4 Å². The Bertz CT molecular complexity index is 2250. The number of imidazole rings is 1. The Morgan fingerprint density at radius 1 is 0.981 bits per heavy atom. The molecule has 5 aromatic heterocycles. The van der Waals surface area contributed by atoms with Crippen LogP contribution in [-0.2, 0) is 4.79 Å². The molecular formula is C40H45N11O3. The van der Waals surface area contributed by atoms with Gasteiger partial charge in [-0.25, -0.2) is 14.3 Å². The quantitative estimate of drug-likeness (QED) is 0.182. The number of hydrogen-bond acceptors (Lipinski definition) is 9. The molecule has 1 aliphatic carbocycles. The maximum absolute atomic E-state index is 13.6. The number of rotatable bonds is 9. The van der Waals surface area contributed by atoms with E-state index in [2.05, 4.69) is 54.1 Å². The summed E-state index contributed by atoms with van der Waals surface area (Å²) in [6, 6.07) is 13.8. The van der Waals surface area contributed by atoms with Gasteiger partial charge in [-0.05, 0) is 119 Å². The molecule has 0 bridgehead atoms. The van der Waals surface area contributed by atoms with Crippen LogP contribution in [-0.4, -0.2) is 85.0 Å². The summed E-state index contributed by atoms with van der Waals surface area (Å²) >= 11 is 0. The zero-order valence-corrected chi connectivity index (χ0v) is 30.7. The number of urea groups is 1. The van der Waals surface area contributed by atoms with Crippen LogP contribution in [0, 0.1) is 17.2 Å². The molecule has 3 fully saturated rings. The zero-order valence-electron chi connectivity index (χ0n) is 30.7. The predicted octanol–water partition coefficient (Wildman–Crippen LogP) is 5.35. The van der Waals surface area contributed by atoms with Gasteiger partial charge in [0.25, 0.3) is 5.91 Å². The van der Waals surface area contributed by atoms with Crippen LogP contribution in [0.2, 0.25) is 0 Å². The van der Waals surface area contributed by atoms with Gasteiger partial charge in [0.05, 0.1) is 46.1 Å². The monoisotopic (exact) mass is 727 g/mol. The van der Waals surface area contributed by atoms with Crippen LogP contribution in [0.25, 0.3) is 22.6 Å². The fourth-order valence-corrected chi connectivity index (χ4v) is 8.25. The molecule has 0 unspecified atom stereocenters. The summed E-state index contributed by atoms with van der Waals surface area (Å²) in [5.41, 5.74) is 6.11. The van der Waals surface area contributed by atoms with Crippen LogP contribution in [0.5, 0.6) is 0 Å². The minimum absolute atomic E-state index is 0.113. The smallest absolute Gasteiger partial charge is 0.329 e. The molecule has 3 N–H and O–H groups in total. The van der Waals surface area contributed by atoms with Crippen LogP contribution in [0.1, 0.15) is 86.2 Å². The van der Waals surface area contributed by atoms with Crippen molar-refractivity contribution in [2.24, 2.45) is 5.92 Å². The van der Waals surface area contributed by atoms with Crippen molar-refractivity contribution in [2.75, 3.05) is 36.4 Å². The Hall–Kier alpha value is -5.81. The molecule has 278 valence electrons. The number of pyridine rings is 2. The molecule has 0 spiro atoms. The number of anilines is 2. The predicted molar refractivity (Wildman–Crippen MR) is 204 cm³/mol. The van der Waals surface area contributed by atoms with Gasteiger partial charge < -0.3 is 15.5 Å². The highest BCUT2D eigenvalue weighted by Crippen LogP contribution is 2.33. The molecule has 0 radical (unpaired) electrons. The number of nitrogens with one attached hydrogen (secondary N) is 3. The molecule has 1 saturated carbocycles. The van der Waals surface area contributed by atoms with Gasteiger partial charge in [0.15, 0.2) is 0 Å². The fourth-order valence-electron chi connectivity index (χ4n) is 8.25. The largest absolute Gasteiger partial charge is 0.382 e. The highest BCUT2D eigenvalue weighted by Gasteiger charge is 2.29.